The maximum atomic E-state index is 12.0. The van der Waals surface area contributed by atoms with Crippen molar-refractivity contribution in [3.8, 4) is 5.75 Å². The van der Waals surface area contributed by atoms with Crippen LogP contribution in [0, 0.1) is 0 Å². The smallest absolute Gasteiger partial charge is 0.245 e. The molecule has 0 radical (unpaired) electrons. The average Bonchev–Trinajstić information content (AvgIpc) is 3.05. The predicted molar refractivity (Wildman–Crippen MR) is 83.5 cm³/mol. The van der Waals surface area contributed by atoms with Gasteiger partial charge in [-0.2, -0.15) is 5.10 Å². The first kappa shape index (κ1) is 14.9. The van der Waals surface area contributed by atoms with E-state index in [9.17, 15) is 13.5 Å². The lowest BCUT2D eigenvalue weighted by Gasteiger charge is -2.08. The number of thiazole rings is 1. The molecule has 1 aromatic carbocycles. The molecule has 0 aliphatic heterocycles. The molecule has 2 aromatic heterocycles. The Hall–Kier alpha value is -1.97. The highest BCUT2D eigenvalue weighted by molar-refractivity contribution is 7.89. The van der Waals surface area contributed by atoms with Gasteiger partial charge in [-0.3, -0.25) is 4.68 Å². The molecule has 0 saturated carbocycles. The number of hydrogen-bond acceptors (Lipinski definition) is 6. The standard InChI is InChI=1S/C13H14N4O3S2/c1-16(2)22(19,20)10-6-14-17(7-10)8-13-15-11-4-3-9(18)5-12(11)21-13/h3-7,18H,8H2,1-2H3. The maximum absolute atomic E-state index is 12.0. The van der Waals surface area contributed by atoms with Gasteiger partial charge in [-0.25, -0.2) is 17.7 Å². The van der Waals surface area contributed by atoms with Crippen molar-refractivity contribution in [3.63, 3.8) is 0 Å². The lowest BCUT2D eigenvalue weighted by atomic mass is 10.3. The van der Waals surface area contributed by atoms with E-state index in [1.165, 1.54) is 42.5 Å². The molecule has 0 unspecified atom stereocenters. The molecule has 3 rings (SSSR count). The van der Waals surface area contributed by atoms with E-state index in [1.807, 2.05) is 0 Å². The fraction of sp³-hybridized carbons (Fsp3) is 0.231. The molecule has 0 aliphatic carbocycles. The van der Waals surface area contributed by atoms with Gasteiger partial charge in [-0.1, -0.05) is 0 Å². The lowest BCUT2D eigenvalue weighted by Crippen LogP contribution is -2.21. The Kier molecular flexibility index (Phi) is 3.63. The molecule has 3 aromatic rings. The molecule has 1 N–H and O–H groups in total. The van der Waals surface area contributed by atoms with Crippen LogP contribution in [0.3, 0.4) is 0 Å². The van der Waals surface area contributed by atoms with Crippen molar-refractivity contribution in [1.29, 1.82) is 0 Å². The molecule has 0 bridgehead atoms. The largest absolute Gasteiger partial charge is 0.508 e. The second-order valence-corrected chi connectivity index (χ2v) is 8.19. The van der Waals surface area contributed by atoms with Crippen LogP contribution < -0.4 is 0 Å². The van der Waals surface area contributed by atoms with Crippen LogP contribution in [0.2, 0.25) is 0 Å². The molecule has 0 aliphatic rings. The van der Waals surface area contributed by atoms with Crippen LogP contribution in [0.25, 0.3) is 10.2 Å². The summed E-state index contributed by atoms with van der Waals surface area (Å²) >= 11 is 1.44. The Morgan fingerprint density at radius 3 is 2.86 bits per heavy atom. The summed E-state index contributed by atoms with van der Waals surface area (Å²) in [6, 6.07) is 4.98. The van der Waals surface area contributed by atoms with Crippen molar-refractivity contribution in [1.82, 2.24) is 19.1 Å². The minimum absolute atomic E-state index is 0.149. The van der Waals surface area contributed by atoms with Crippen LogP contribution in [0.15, 0.2) is 35.5 Å². The van der Waals surface area contributed by atoms with E-state index < -0.39 is 10.0 Å². The van der Waals surface area contributed by atoms with Gasteiger partial charge in [-0.15, -0.1) is 11.3 Å². The van der Waals surface area contributed by atoms with Crippen LogP contribution in [-0.4, -0.2) is 46.7 Å². The summed E-state index contributed by atoms with van der Waals surface area (Å²) < 4.78 is 27.6. The topological polar surface area (TPSA) is 88.3 Å². The molecule has 0 spiro atoms. The number of hydrogen-bond donors (Lipinski definition) is 1. The van der Waals surface area contributed by atoms with Crippen molar-refractivity contribution < 1.29 is 13.5 Å². The van der Waals surface area contributed by atoms with Gasteiger partial charge in [0.05, 0.1) is 23.0 Å². The van der Waals surface area contributed by atoms with E-state index in [1.54, 1.807) is 18.2 Å². The van der Waals surface area contributed by atoms with Crippen LogP contribution in [0.1, 0.15) is 5.01 Å². The molecule has 0 atom stereocenters. The number of nitrogens with zero attached hydrogens (tertiary/aromatic N) is 4. The van der Waals surface area contributed by atoms with Gasteiger partial charge in [0.25, 0.3) is 0 Å². The zero-order valence-electron chi connectivity index (χ0n) is 12.0. The highest BCUT2D eigenvalue weighted by atomic mass is 32.2. The number of phenolic OH excluding ortho intramolecular Hbond substituents is 1. The van der Waals surface area contributed by atoms with Gasteiger partial charge >= 0.3 is 0 Å². The average molecular weight is 338 g/mol. The molecule has 0 fully saturated rings. The first-order valence-corrected chi connectivity index (χ1v) is 8.65. The lowest BCUT2D eigenvalue weighted by molar-refractivity contribution is 0.476. The molecular weight excluding hydrogens is 324 g/mol. The van der Waals surface area contributed by atoms with Gasteiger partial charge < -0.3 is 5.11 Å². The Balaban J connectivity index is 1.88. The van der Waals surface area contributed by atoms with E-state index in [-0.39, 0.29) is 10.6 Å². The molecule has 0 saturated heterocycles. The number of fused-ring (bicyclic) bond motifs is 1. The quantitative estimate of drug-likeness (QED) is 0.779. The summed E-state index contributed by atoms with van der Waals surface area (Å²) in [7, 11) is -0.521. The van der Waals surface area contributed by atoms with Crippen molar-refractivity contribution in [2.24, 2.45) is 0 Å². The Morgan fingerprint density at radius 2 is 2.14 bits per heavy atom. The fourth-order valence-electron chi connectivity index (χ4n) is 1.94. The van der Waals surface area contributed by atoms with E-state index in [4.69, 9.17) is 0 Å². The number of aromatic hydroxyl groups is 1. The van der Waals surface area contributed by atoms with E-state index in [0.29, 0.717) is 6.54 Å². The number of phenols is 1. The van der Waals surface area contributed by atoms with Crippen molar-refractivity contribution in [2.45, 2.75) is 11.4 Å². The molecular formula is C13H14N4O3S2. The van der Waals surface area contributed by atoms with E-state index in [2.05, 4.69) is 10.1 Å². The number of sulfonamides is 1. The van der Waals surface area contributed by atoms with Gasteiger partial charge in [0.2, 0.25) is 10.0 Å². The van der Waals surface area contributed by atoms with Crippen LogP contribution in [-0.2, 0) is 16.6 Å². The summed E-state index contributed by atoms with van der Waals surface area (Å²) in [5.74, 6) is 0.196. The Morgan fingerprint density at radius 1 is 1.36 bits per heavy atom. The summed E-state index contributed by atoms with van der Waals surface area (Å²) in [5, 5.41) is 14.3. The molecule has 0 amide bonds. The summed E-state index contributed by atoms with van der Waals surface area (Å²) in [6.07, 6.45) is 2.81. The van der Waals surface area contributed by atoms with E-state index >= 15 is 0 Å². The fourth-order valence-corrected chi connectivity index (χ4v) is 3.79. The zero-order valence-corrected chi connectivity index (χ0v) is 13.6. The highest BCUT2D eigenvalue weighted by Crippen LogP contribution is 2.26. The van der Waals surface area contributed by atoms with Crippen LogP contribution >= 0.6 is 11.3 Å². The third-order valence-electron chi connectivity index (χ3n) is 3.10. The van der Waals surface area contributed by atoms with Crippen LogP contribution in [0.5, 0.6) is 5.75 Å². The summed E-state index contributed by atoms with van der Waals surface area (Å²) in [5.41, 5.74) is 0.797. The van der Waals surface area contributed by atoms with Crippen molar-refractivity contribution >= 4 is 31.6 Å². The number of aromatic nitrogens is 3. The molecule has 2 heterocycles. The molecule has 22 heavy (non-hydrogen) atoms. The second kappa shape index (κ2) is 5.34. The normalized spacial score (nSPS) is 12.3. The van der Waals surface area contributed by atoms with Crippen molar-refractivity contribution in [3.05, 3.63) is 35.6 Å². The third kappa shape index (κ3) is 2.70. The third-order valence-corrected chi connectivity index (χ3v) is 5.87. The second-order valence-electron chi connectivity index (χ2n) is 4.92. The first-order valence-electron chi connectivity index (χ1n) is 6.40. The number of benzene rings is 1. The monoisotopic (exact) mass is 338 g/mol. The number of rotatable bonds is 4. The van der Waals surface area contributed by atoms with Crippen molar-refractivity contribution in [2.75, 3.05) is 14.1 Å². The predicted octanol–water partition coefficient (Wildman–Crippen LogP) is 1.50. The Labute approximate surface area is 131 Å². The highest BCUT2D eigenvalue weighted by Gasteiger charge is 2.19. The van der Waals surface area contributed by atoms with Crippen LogP contribution in [0.4, 0.5) is 0 Å². The molecule has 7 nitrogen and oxygen atoms in total. The summed E-state index contributed by atoms with van der Waals surface area (Å²) in [6.45, 7) is 0.378. The zero-order chi connectivity index (χ0) is 15.9. The maximum Gasteiger partial charge on any atom is 0.245 e. The molecule has 9 heteroatoms. The van der Waals surface area contributed by atoms with Gasteiger partial charge in [0.15, 0.2) is 0 Å². The van der Waals surface area contributed by atoms with Gasteiger partial charge in [0, 0.05) is 20.3 Å². The van der Waals surface area contributed by atoms with E-state index in [0.717, 1.165) is 19.5 Å². The SMILES string of the molecule is CN(C)S(=O)(=O)c1cnn(Cc2nc3ccc(O)cc3s2)c1. The minimum Gasteiger partial charge on any atom is -0.508 e. The minimum atomic E-state index is -3.48. The van der Waals surface area contributed by atoms with Gasteiger partial charge in [-0.05, 0) is 18.2 Å². The van der Waals surface area contributed by atoms with Gasteiger partial charge in [0.1, 0.15) is 15.7 Å². The first-order chi connectivity index (χ1) is 10.4. The molecule has 116 valence electrons. The Bertz CT molecular complexity index is 928. The summed E-state index contributed by atoms with van der Waals surface area (Å²) in [4.78, 5) is 4.59.